The second-order valence-corrected chi connectivity index (χ2v) is 13.0. The fourth-order valence-corrected chi connectivity index (χ4v) is 6.82. The molecule has 0 atom stereocenters. The Kier molecular flexibility index (Phi) is 13.4. The molecule has 0 bridgehead atoms. The molecule has 0 radical (unpaired) electrons. The molecule has 2 heterocycles. The monoisotopic (exact) mass is 648 g/mol. The Balaban J connectivity index is 1.63. The van der Waals surface area contributed by atoms with Crippen LogP contribution in [0.15, 0.2) is 72.8 Å². The number of hydrogen-bond acceptors (Lipinski definition) is 8. The summed E-state index contributed by atoms with van der Waals surface area (Å²) in [5.41, 5.74) is 4.75. The van der Waals surface area contributed by atoms with Crippen molar-refractivity contribution in [3.63, 3.8) is 0 Å². The van der Waals surface area contributed by atoms with Gasteiger partial charge in [0.1, 0.15) is 11.6 Å². The number of benzene rings is 2. The van der Waals surface area contributed by atoms with Crippen molar-refractivity contribution in [1.82, 2.24) is 19.9 Å². The zero-order valence-electron chi connectivity index (χ0n) is 29.5. The van der Waals surface area contributed by atoms with E-state index in [1.807, 2.05) is 0 Å². The van der Waals surface area contributed by atoms with Crippen molar-refractivity contribution in [2.75, 3.05) is 47.4 Å². The molecule has 4 N–H and O–H groups in total. The van der Waals surface area contributed by atoms with E-state index in [1.165, 1.54) is 11.1 Å². The van der Waals surface area contributed by atoms with Crippen LogP contribution in [0.5, 0.6) is 0 Å². The fraction of sp³-hybridized carbons (Fsp3) is 0.500. The predicted molar refractivity (Wildman–Crippen MR) is 202 cm³/mol. The number of rotatable bonds is 20. The smallest absolute Gasteiger partial charge is 0.224 e. The summed E-state index contributed by atoms with van der Waals surface area (Å²) in [4.78, 5) is 20.3. The van der Waals surface area contributed by atoms with Crippen LogP contribution >= 0.6 is 0 Å². The quantitative estimate of drug-likeness (QED) is 0.0703. The van der Waals surface area contributed by atoms with E-state index in [2.05, 4.69) is 122 Å². The SMILES string of the molecule is CCCCNc1cc(C2[C@H](c3ccccc3)[C@H](c3cc(NCCCC)nc(NCCCC)n3)[C@H]2c2ccccc2)nc(NCCCC)n1. The summed E-state index contributed by atoms with van der Waals surface area (Å²) >= 11 is 0. The van der Waals surface area contributed by atoms with E-state index in [4.69, 9.17) is 19.9 Å². The van der Waals surface area contributed by atoms with Gasteiger partial charge >= 0.3 is 0 Å². The number of nitrogens with zero attached hydrogens (tertiary/aromatic N) is 4. The standard InChI is InChI=1S/C40H56N8/c1-5-9-23-41-33-27-31(45-39(47-33)43-25-11-7-3)37-35(29-19-15-13-16-20-29)38(36(37)30-21-17-14-18-22-30)32-28-34(42-24-10-6-2)48-40(46-32)44-26-12-8-4/h13-22,27-28,35-38H,5-12,23-26H2,1-4H3,(H2,41,43,45,47)(H2,42,44,46,48)/t35-,36-,37-,38?/m1/s1. The highest BCUT2D eigenvalue weighted by Gasteiger charge is 2.54. The molecule has 2 aromatic carbocycles. The van der Waals surface area contributed by atoms with Crippen molar-refractivity contribution in [1.29, 1.82) is 0 Å². The molecule has 0 amide bonds. The maximum atomic E-state index is 5.25. The van der Waals surface area contributed by atoms with Crippen molar-refractivity contribution < 1.29 is 0 Å². The first-order chi connectivity index (χ1) is 23.7. The second kappa shape index (κ2) is 18.4. The predicted octanol–water partition coefficient (Wildman–Crippen LogP) is 9.56. The Hall–Kier alpha value is -4.20. The van der Waals surface area contributed by atoms with Crippen molar-refractivity contribution in [2.24, 2.45) is 0 Å². The summed E-state index contributed by atoms with van der Waals surface area (Å²) in [6, 6.07) is 26.3. The zero-order chi connectivity index (χ0) is 33.6. The van der Waals surface area contributed by atoms with Gasteiger partial charge in [-0.15, -0.1) is 0 Å². The molecule has 5 rings (SSSR count). The molecule has 8 nitrogen and oxygen atoms in total. The maximum Gasteiger partial charge on any atom is 0.224 e. The van der Waals surface area contributed by atoms with Gasteiger partial charge in [0.2, 0.25) is 11.9 Å². The fourth-order valence-electron chi connectivity index (χ4n) is 6.82. The third-order valence-electron chi connectivity index (χ3n) is 9.39. The van der Waals surface area contributed by atoms with E-state index in [-0.39, 0.29) is 23.7 Å². The number of nitrogens with one attached hydrogen (secondary N) is 4. The van der Waals surface area contributed by atoms with Crippen LogP contribution in [-0.4, -0.2) is 46.1 Å². The van der Waals surface area contributed by atoms with E-state index in [0.29, 0.717) is 11.9 Å². The van der Waals surface area contributed by atoms with Gasteiger partial charge in [-0.3, -0.25) is 0 Å². The van der Waals surface area contributed by atoms with Crippen LogP contribution in [-0.2, 0) is 0 Å². The molecule has 1 aliphatic rings. The molecule has 1 saturated carbocycles. The molecule has 1 fully saturated rings. The van der Waals surface area contributed by atoms with Gasteiger partial charge in [-0.25, -0.2) is 9.97 Å². The highest BCUT2D eigenvalue weighted by atomic mass is 15.2. The number of hydrogen-bond donors (Lipinski definition) is 4. The third-order valence-corrected chi connectivity index (χ3v) is 9.39. The lowest BCUT2D eigenvalue weighted by Crippen LogP contribution is -2.41. The number of unbranched alkanes of at least 4 members (excludes halogenated alkanes) is 4. The normalized spacial score (nSPS) is 18.6. The number of anilines is 4. The molecule has 0 unspecified atom stereocenters. The van der Waals surface area contributed by atoms with E-state index in [0.717, 1.165) is 101 Å². The average Bonchev–Trinajstić information content (AvgIpc) is 3.09. The first-order valence-electron chi connectivity index (χ1n) is 18.5. The first kappa shape index (κ1) is 35.1. The Labute approximate surface area is 288 Å². The molecule has 48 heavy (non-hydrogen) atoms. The molecular formula is C40H56N8. The minimum absolute atomic E-state index is 0.129. The van der Waals surface area contributed by atoms with Gasteiger partial charge in [-0.2, -0.15) is 9.97 Å². The van der Waals surface area contributed by atoms with Crippen molar-refractivity contribution in [2.45, 2.75) is 103 Å². The largest absolute Gasteiger partial charge is 0.370 e. The summed E-state index contributed by atoms with van der Waals surface area (Å²) in [6.45, 7) is 12.4. The van der Waals surface area contributed by atoms with E-state index >= 15 is 0 Å². The van der Waals surface area contributed by atoms with Gasteiger partial charge in [0.15, 0.2) is 0 Å². The zero-order valence-corrected chi connectivity index (χ0v) is 29.5. The molecule has 8 heteroatoms. The molecule has 0 spiro atoms. The van der Waals surface area contributed by atoms with E-state index < -0.39 is 0 Å². The van der Waals surface area contributed by atoms with Crippen LogP contribution in [0.3, 0.4) is 0 Å². The lowest BCUT2D eigenvalue weighted by Gasteiger charge is -2.52. The lowest BCUT2D eigenvalue weighted by atomic mass is 9.50. The first-order valence-corrected chi connectivity index (χ1v) is 18.5. The van der Waals surface area contributed by atoms with Crippen LogP contribution < -0.4 is 21.3 Å². The Morgan fingerprint density at radius 1 is 0.438 bits per heavy atom. The molecule has 1 aliphatic carbocycles. The molecule has 0 aliphatic heterocycles. The van der Waals surface area contributed by atoms with Crippen LogP contribution in [0.2, 0.25) is 0 Å². The Morgan fingerprint density at radius 3 is 1.15 bits per heavy atom. The van der Waals surface area contributed by atoms with E-state index in [1.54, 1.807) is 0 Å². The summed E-state index contributed by atoms with van der Waals surface area (Å²) in [5, 5.41) is 14.3. The average molecular weight is 649 g/mol. The van der Waals surface area contributed by atoms with Gasteiger partial charge in [0, 0.05) is 62.0 Å². The van der Waals surface area contributed by atoms with Gasteiger partial charge in [0.25, 0.3) is 0 Å². The minimum atomic E-state index is 0.129. The van der Waals surface area contributed by atoms with Crippen molar-refractivity contribution >= 4 is 23.5 Å². The summed E-state index contributed by atoms with van der Waals surface area (Å²) in [5.74, 6) is 3.78. The highest BCUT2D eigenvalue weighted by Crippen LogP contribution is 2.66. The van der Waals surface area contributed by atoms with Gasteiger partial charge < -0.3 is 21.3 Å². The van der Waals surface area contributed by atoms with Crippen LogP contribution in [0, 0.1) is 0 Å². The van der Waals surface area contributed by atoms with Gasteiger partial charge in [0.05, 0.1) is 11.4 Å². The third kappa shape index (κ3) is 9.03. The summed E-state index contributed by atoms with van der Waals surface area (Å²) < 4.78 is 0. The van der Waals surface area contributed by atoms with Crippen LogP contribution in [0.4, 0.5) is 23.5 Å². The van der Waals surface area contributed by atoms with Crippen molar-refractivity contribution in [3.05, 3.63) is 95.3 Å². The molecule has 4 aromatic rings. The molecule has 256 valence electrons. The molecular weight excluding hydrogens is 592 g/mol. The summed E-state index contributed by atoms with van der Waals surface area (Å²) in [7, 11) is 0. The van der Waals surface area contributed by atoms with Crippen LogP contribution in [0.1, 0.15) is 125 Å². The molecule has 0 saturated heterocycles. The summed E-state index contributed by atoms with van der Waals surface area (Å²) in [6.07, 6.45) is 8.85. The van der Waals surface area contributed by atoms with Gasteiger partial charge in [-0.1, -0.05) is 114 Å². The van der Waals surface area contributed by atoms with Gasteiger partial charge in [-0.05, 0) is 36.8 Å². The lowest BCUT2D eigenvalue weighted by molar-refractivity contribution is 0.220. The second-order valence-electron chi connectivity index (χ2n) is 13.0. The highest BCUT2D eigenvalue weighted by molar-refractivity contribution is 5.52. The maximum absolute atomic E-state index is 5.25. The Morgan fingerprint density at radius 2 is 0.792 bits per heavy atom. The number of aromatic nitrogens is 4. The Bertz CT molecular complexity index is 1330. The van der Waals surface area contributed by atoms with Crippen molar-refractivity contribution in [3.8, 4) is 0 Å². The van der Waals surface area contributed by atoms with Crippen LogP contribution in [0.25, 0.3) is 0 Å². The molecule has 2 aromatic heterocycles. The topological polar surface area (TPSA) is 99.7 Å². The van der Waals surface area contributed by atoms with E-state index in [9.17, 15) is 0 Å². The minimum Gasteiger partial charge on any atom is -0.370 e.